The molecule has 0 spiro atoms. The molecule has 1 unspecified atom stereocenters. The molecule has 102 valence electrons. The second-order valence-electron chi connectivity index (χ2n) is 4.74. The molecule has 1 aromatic rings. The van der Waals surface area contributed by atoms with Crippen LogP contribution in [0.15, 0.2) is 18.2 Å². The summed E-state index contributed by atoms with van der Waals surface area (Å²) in [4.78, 5) is 0. The smallest absolute Gasteiger partial charge is 0.126 e. The Morgan fingerprint density at radius 2 is 2.06 bits per heavy atom. The third kappa shape index (κ3) is 5.40. The molecule has 0 radical (unpaired) electrons. The average molecular weight is 269 g/mol. The van der Waals surface area contributed by atoms with Crippen LogP contribution in [0.2, 0.25) is 0 Å². The molecule has 0 amide bonds. The fourth-order valence-electron chi connectivity index (χ4n) is 1.86. The molecule has 1 atom stereocenters. The summed E-state index contributed by atoms with van der Waals surface area (Å²) in [5.41, 5.74) is 1.74. The Morgan fingerprint density at radius 1 is 1.28 bits per heavy atom. The first kappa shape index (κ1) is 15.5. The Balaban J connectivity index is 2.27. The third-order valence-corrected chi connectivity index (χ3v) is 3.87. The maximum Gasteiger partial charge on any atom is 0.126 e. The molecule has 1 rings (SSSR count). The molecule has 1 aromatic carbocycles. The molecule has 0 heterocycles. The van der Waals surface area contributed by atoms with Crippen molar-refractivity contribution in [2.24, 2.45) is 0 Å². The van der Waals surface area contributed by atoms with Crippen molar-refractivity contribution in [1.82, 2.24) is 5.32 Å². The minimum absolute atomic E-state index is 0.110. The number of benzene rings is 1. The number of aryl methyl sites for hydroxylation is 1. The first-order valence-electron chi connectivity index (χ1n) is 6.63. The predicted octanol–water partition coefficient (Wildman–Crippen LogP) is 4.32. The van der Waals surface area contributed by atoms with Gasteiger partial charge in [-0.1, -0.05) is 18.6 Å². The minimum atomic E-state index is -0.110. The van der Waals surface area contributed by atoms with Gasteiger partial charge in [-0.3, -0.25) is 0 Å². The van der Waals surface area contributed by atoms with Crippen LogP contribution in [0.5, 0.6) is 0 Å². The van der Waals surface area contributed by atoms with Gasteiger partial charge in [0.25, 0.3) is 0 Å². The Morgan fingerprint density at radius 3 is 2.72 bits per heavy atom. The van der Waals surface area contributed by atoms with Gasteiger partial charge in [-0.2, -0.15) is 11.8 Å². The Kier molecular flexibility index (Phi) is 7.36. The zero-order chi connectivity index (χ0) is 13.4. The van der Waals surface area contributed by atoms with Crippen molar-refractivity contribution in [1.29, 1.82) is 0 Å². The van der Waals surface area contributed by atoms with E-state index in [1.807, 2.05) is 23.9 Å². The van der Waals surface area contributed by atoms with E-state index in [-0.39, 0.29) is 11.9 Å². The molecule has 0 aliphatic carbocycles. The summed E-state index contributed by atoms with van der Waals surface area (Å²) in [6.07, 6.45) is 5.89. The number of hydrogen-bond acceptors (Lipinski definition) is 2. The normalized spacial score (nSPS) is 12.7. The molecule has 0 aliphatic heterocycles. The highest BCUT2D eigenvalue weighted by Crippen LogP contribution is 2.16. The molecule has 0 saturated heterocycles. The summed E-state index contributed by atoms with van der Waals surface area (Å²) in [5.74, 6) is 1.14. The summed E-state index contributed by atoms with van der Waals surface area (Å²) >= 11 is 1.90. The second kappa shape index (κ2) is 8.54. The average Bonchev–Trinajstić information content (AvgIpc) is 2.36. The molecule has 0 aromatic heterocycles. The van der Waals surface area contributed by atoms with Crippen LogP contribution in [0.3, 0.4) is 0 Å². The van der Waals surface area contributed by atoms with Crippen LogP contribution >= 0.6 is 11.8 Å². The van der Waals surface area contributed by atoms with Crippen LogP contribution in [-0.2, 0) is 0 Å². The van der Waals surface area contributed by atoms with Crippen molar-refractivity contribution < 1.29 is 4.39 Å². The van der Waals surface area contributed by atoms with E-state index >= 15 is 0 Å². The SMILES string of the molecule is CSCCCCCNC(C)c1ccc(C)c(F)c1. The zero-order valence-corrected chi connectivity index (χ0v) is 12.4. The van der Waals surface area contributed by atoms with Crippen LogP contribution in [0.4, 0.5) is 4.39 Å². The first-order chi connectivity index (χ1) is 8.65. The molecule has 0 aliphatic rings. The maximum atomic E-state index is 13.4. The lowest BCUT2D eigenvalue weighted by Gasteiger charge is -2.14. The fraction of sp³-hybridized carbons (Fsp3) is 0.600. The number of halogens is 1. The predicted molar refractivity (Wildman–Crippen MR) is 79.8 cm³/mol. The lowest BCUT2D eigenvalue weighted by Crippen LogP contribution is -2.20. The van der Waals surface area contributed by atoms with E-state index in [4.69, 9.17) is 0 Å². The summed E-state index contributed by atoms with van der Waals surface area (Å²) in [7, 11) is 0. The van der Waals surface area contributed by atoms with Gasteiger partial charge in [0.15, 0.2) is 0 Å². The summed E-state index contributed by atoms with van der Waals surface area (Å²) in [5, 5.41) is 3.45. The van der Waals surface area contributed by atoms with Gasteiger partial charge in [0.1, 0.15) is 5.82 Å². The van der Waals surface area contributed by atoms with Gasteiger partial charge >= 0.3 is 0 Å². The lowest BCUT2D eigenvalue weighted by molar-refractivity contribution is 0.539. The van der Waals surface area contributed by atoms with Crippen molar-refractivity contribution in [3.63, 3.8) is 0 Å². The molecule has 3 heteroatoms. The Labute approximate surface area is 115 Å². The van der Waals surface area contributed by atoms with E-state index in [1.54, 1.807) is 13.0 Å². The van der Waals surface area contributed by atoms with Gasteiger partial charge in [0.05, 0.1) is 0 Å². The van der Waals surface area contributed by atoms with E-state index in [1.165, 1.54) is 25.0 Å². The van der Waals surface area contributed by atoms with Gasteiger partial charge in [-0.15, -0.1) is 0 Å². The lowest BCUT2D eigenvalue weighted by atomic mass is 10.1. The molecular formula is C15H24FNS. The molecule has 0 bridgehead atoms. The molecule has 1 N–H and O–H groups in total. The highest BCUT2D eigenvalue weighted by atomic mass is 32.2. The van der Waals surface area contributed by atoms with E-state index in [0.717, 1.165) is 12.1 Å². The zero-order valence-electron chi connectivity index (χ0n) is 11.6. The van der Waals surface area contributed by atoms with Crippen molar-refractivity contribution in [2.75, 3.05) is 18.6 Å². The molecule has 0 fully saturated rings. The van der Waals surface area contributed by atoms with E-state index in [2.05, 4.69) is 18.5 Å². The van der Waals surface area contributed by atoms with Gasteiger partial charge in [-0.25, -0.2) is 4.39 Å². The topological polar surface area (TPSA) is 12.0 Å². The first-order valence-corrected chi connectivity index (χ1v) is 8.03. The van der Waals surface area contributed by atoms with Crippen LogP contribution in [0.25, 0.3) is 0 Å². The van der Waals surface area contributed by atoms with E-state index < -0.39 is 0 Å². The fourth-order valence-corrected chi connectivity index (χ4v) is 2.36. The quantitative estimate of drug-likeness (QED) is 0.705. The number of rotatable bonds is 8. The van der Waals surface area contributed by atoms with E-state index in [9.17, 15) is 4.39 Å². The van der Waals surface area contributed by atoms with E-state index in [0.29, 0.717) is 5.56 Å². The third-order valence-electron chi connectivity index (χ3n) is 3.17. The number of thioether (sulfide) groups is 1. The van der Waals surface area contributed by atoms with Crippen LogP contribution in [0.1, 0.15) is 43.4 Å². The highest BCUT2D eigenvalue weighted by Gasteiger charge is 2.06. The molecule has 1 nitrogen and oxygen atoms in total. The molecular weight excluding hydrogens is 245 g/mol. The summed E-state index contributed by atoms with van der Waals surface area (Å²) < 4.78 is 13.4. The van der Waals surface area contributed by atoms with Crippen LogP contribution in [0, 0.1) is 12.7 Å². The molecule has 18 heavy (non-hydrogen) atoms. The van der Waals surface area contributed by atoms with Gasteiger partial charge in [0, 0.05) is 6.04 Å². The van der Waals surface area contributed by atoms with Gasteiger partial charge < -0.3 is 5.32 Å². The summed E-state index contributed by atoms with van der Waals surface area (Å²) in [6, 6.07) is 5.71. The number of nitrogens with one attached hydrogen (secondary N) is 1. The van der Waals surface area contributed by atoms with Crippen LogP contribution in [-0.4, -0.2) is 18.6 Å². The number of hydrogen-bond donors (Lipinski definition) is 1. The van der Waals surface area contributed by atoms with Crippen molar-refractivity contribution in [3.8, 4) is 0 Å². The van der Waals surface area contributed by atoms with Crippen molar-refractivity contribution in [3.05, 3.63) is 35.1 Å². The standard InChI is InChI=1S/C15H24FNS/c1-12-7-8-14(11-15(12)16)13(2)17-9-5-4-6-10-18-3/h7-8,11,13,17H,4-6,9-10H2,1-3H3. The highest BCUT2D eigenvalue weighted by molar-refractivity contribution is 7.98. The minimum Gasteiger partial charge on any atom is -0.310 e. The Bertz CT molecular complexity index is 354. The van der Waals surface area contributed by atoms with Gasteiger partial charge in [-0.05, 0) is 62.4 Å². The van der Waals surface area contributed by atoms with Gasteiger partial charge in [0.2, 0.25) is 0 Å². The largest absolute Gasteiger partial charge is 0.310 e. The number of unbranched alkanes of at least 4 members (excludes halogenated alkanes) is 2. The Hall–Kier alpha value is -0.540. The second-order valence-corrected chi connectivity index (χ2v) is 5.72. The molecule has 0 saturated carbocycles. The monoisotopic (exact) mass is 269 g/mol. The maximum absolute atomic E-state index is 13.4. The van der Waals surface area contributed by atoms with Crippen molar-refractivity contribution in [2.45, 2.75) is 39.2 Å². The van der Waals surface area contributed by atoms with Crippen molar-refractivity contribution >= 4 is 11.8 Å². The van der Waals surface area contributed by atoms with Crippen LogP contribution < -0.4 is 5.32 Å². The summed E-state index contributed by atoms with van der Waals surface area (Å²) in [6.45, 7) is 4.89.